The Hall–Kier alpha value is -2.77. The highest BCUT2D eigenvalue weighted by Gasteiger charge is 2.22. The Bertz CT molecular complexity index is 1100. The number of nitrogens with zero attached hydrogens (tertiary/aromatic N) is 4. The third kappa shape index (κ3) is 3.50. The number of fused-ring (bicyclic) bond motifs is 1. The zero-order valence-corrected chi connectivity index (χ0v) is 17.2. The van der Waals surface area contributed by atoms with Crippen molar-refractivity contribution in [3.8, 4) is 10.6 Å². The Balaban J connectivity index is 1.82. The highest BCUT2D eigenvalue weighted by molar-refractivity contribution is 7.13. The van der Waals surface area contributed by atoms with Gasteiger partial charge in [0.05, 0.1) is 34.3 Å². The van der Waals surface area contributed by atoms with Gasteiger partial charge in [0, 0.05) is 18.0 Å². The topological polar surface area (TPSA) is 51.0 Å². The number of pyridine rings is 1. The molecule has 4 aromatic heterocycles. The van der Waals surface area contributed by atoms with E-state index in [4.69, 9.17) is 4.98 Å². The van der Waals surface area contributed by atoms with Crippen molar-refractivity contribution >= 4 is 39.6 Å². The predicted octanol–water partition coefficient (Wildman–Crippen LogP) is 5.07. The Morgan fingerprint density at radius 2 is 2.11 bits per heavy atom. The molecule has 0 aliphatic carbocycles. The van der Waals surface area contributed by atoms with Gasteiger partial charge in [-0.15, -0.1) is 29.3 Å². The SMILES string of the molecule is C=CCN(Cc1cccs1)C(=O)c1cc(-c2cccs2)nc2c1cnn2CC. The van der Waals surface area contributed by atoms with Crippen LogP contribution in [0.1, 0.15) is 22.2 Å². The molecule has 5 nitrogen and oxygen atoms in total. The fourth-order valence-electron chi connectivity index (χ4n) is 3.14. The Kier molecular flexibility index (Phi) is 5.36. The van der Waals surface area contributed by atoms with Crippen LogP contribution in [0.3, 0.4) is 0 Å². The molecule has 0 aromatic carbocycles. The van der Waals surface area contributed by atoms with E-state index in [2.05, 4.69) is 11.7 Å². The lowest BCUT2D eigenvalue weighted by Gasteiger charge is -2.21. The number of aromatic nitrogens is 3. The van der Waals surface area contributed by atoms with E-state index in [0.717, 1.165) is 26.5 Å². The molecule has 0 N–H and O–H groups in total. The van der Waals surface area contributed by atoms with Gasteiger partial charge in [-0.3, -0.25) is 4.79 Å². The molecule has 142 valence electrons. The van der Waals surface area contributed by atoms with E-state index in [0.29, 0.717) is 25.2 Å². The quantitative estimate of drug-likeness (QED) is 0.401. The first-order chi connectivity index (χ1) is 13.7. The first kappa shape index (κ1) is 18.6. The van der Waals surface area contributed by atoms with Crippen molar-refractivity contribution in [3.05, 3.63) is 70.4 Å². The summed E-state index contributed by atoms with van der Waals surface area (Å²) < 4.78 is 1.83. The lowest BCUT2D eigenvalue weighted by Crippen LogP contribution is -2.30. The summed E-state index contributed by atoms with van der Waals surface area (Å²) in [5.41, 5.74) is 2.17. The van der Waals surface area contributed by atoms with Crippen LogP contribution in [-0.4, -0.2) is 32.1 Å². The van der Waals surface area contributed by atoms with Crippen LogP contribution in [0, 0.1) is 0 Å². The Labute approximate surface area is 171 Å². The van der Waals surface area contributed by atoms with Crippen molar-refractivity contribution in [1.29, 1.82) is 0 Å². The smallest absolute Gasteiger partial charge is 0.255 e. The lowest BCUT2D eigenvalue weighted by molar-refractivity contribution is 0.0766. The van der Waals surface area contributed by atoms with Crippen LogP contribution in [-0.2, 0) is 13.1 Å². The summed E-state index contributed by atoms with van der Waals surface area (Å²) in [7, 11) is 0. The Morgan fingerprint density at radius 3 is 2.79 bits per heavy atom. The summed E-state index contributed by atoms with van der Waals surface area (Å²) in [6.07, 6.45) is 3.51. The predicted molar refractivity (Wildman–Crippen MR) is 116 cm³/mol. The molecule has 0 saturated carbocycles. The normalized spacial score (nSPS) is 11.0. The number of hydrogen-bond acceptors (Lipinski definition) is 5. The molecule has 0 spiro atoms. The lowest BCUT2D eigenvalue weighted by atomic mass is 10.1. The molecule has 4 aromatic rings. The molecule has 0 unspecified atom stereocenters. The fraction of sp³-hybridized carbons (Fsp3) is 0.190. The number of aryl methyl sites for hydroxylation is 1. The van der Waals surface area contributed by atoms with Gasteiger partial charge in [0.25, 0.3) is 5.91 Å². The van der Waals surface area contributed by atoms with Gasteiger partial charge in [-0.2, -0.15) is 5.10 Å². The minimum atomic E-state index is -0.0332. The van der Waals surface area contributed by atoms with E-state index in [-0.39, 0.29) is 5.91 Å². The summed E-state index contributed by atoms with van der Waals surface area (Å²) in [5, 5.41) is 9.25. The van der Waals surface area contributed by atoms with Crippen LogP contribution in [0.4, 0.5) is 0 Å². The monoisotopic (exact) mass is 408 g/mol. The third-order valence-corrected chi connectivity index (χ3v) is 6.23. The molecule has 0 saturated heterocycles. The average Bonchev–Trinajstić information content (AvgIpc) is 3.47. The highest BCUT2D eigenvalue weighted by Crippen LogP contribution is 2.29. The van der Waals surface area contributed by atoms with Crippen LogP contribution in [0.5, 0.6) is 0 Å². The summed E-state index contributed by atoms with van der Waals surface area (Å²) in [4.78, 5) is 22.3. The summed E-state index contributed by atoms with van der Waals surface area (Å²) >= 11 is 3.26. The van der Waals surface area contributed by atoms with Crippen molar-refractivity contribution in [2.24, 2.45) is 0 Å². The van der Waals surface area contributed by atoms with Gasteiger partial charge in [0.15, 0.2) is 5.65 Å². The fourth-order valence-corrected chi connectivity index (χ4v) is 4.55. The first-order valence-electron chi connectivity index (χ1n) is 9.04. The van der Waals surface area contributed by atoms with Gasteiger partial charge in [0.1, 0.15) is 0 Å². The van der Waals surface area contributed by atoms with E-state index in [1.165, 1.54) is 0 Å². The standard InChI is InChI=1S/C21H20N4OS2/c1-3-9-24(14-15-7-5-10-27-15)21(26)16-12-18(19-8-6-11-28-19)23-20-17(16)13-22-25(20)4-2/h3,5-8,10-13H,1,4,9,14H2,2H3. The van der Waals surface area contributed by atoms with Crippen molar-refractivity contribution in [2.75, 3.05) is 6.54 Å². The van der Waals surface area contributed by atoms with E-state index in [9.17, 15) is 4.79 Å². The molecule has 0 fully saturated rings. The highest BCUT2D eigenvalue weighted by atomic mass is 32.1. The van der Waals surface area contributed by atoms with Crippen LogP contribution in [0.2, 0.25) is 0 Å². The van der Waals surface area contributed by atoms with E-state index >= 15 is 0 Å². The number of rotatable bonds is 7. The van der Waals surface area contributed by atoms with Gasteiger partial charge in [-0.1, -0.05) is 18.2 Å². The maximum absolute atomic E-state index is 13.5. The van der Waals surface area contributed by atoms with Crippen molar-refractivity contribution in [1.82, 2.24) is 19.7 Å². The Morgan fingerprint density at radius 1 is 1.29 bits per heavy atom. The van der Waals surface area contributed by atoms with E-state index in [1.54, 1.807) is 34.9 Å². The minimum absolute atomic E-state index is 0.0332. The molecule has 0 aliphatic rings. The van der Waals surface area contributed by atoms with Gasteiger partial charge in [-0.05, 0) is 35.9 Å². The van der Waals surface area contributed by atoms with Gasteiger partial charge in [-0.25, -0.2) is 9.67 Å². The molecule has 4 heterocycles. The third-order valence-electron chi connectivity index (χ3n) is 4.48. The summed E-state index contributed by atoms with van der Waals surface area (Å²) in [5.74, 6) is -0.0332. The molecule has 0 aliphatic heterocycles. The van der Waals surface area contributed by atoms with E-state index < -0.39 is 0 Å². The zero-order valence-electron chi connectivity index (χ0n) is 15.5. The second-order valence-corrected chi connectivity index (χ2v) is 8.26. The van der Waals surface area contributed by atoms with Crippen LogP contribution >= 0.6 is 22.7 Å². The largest absolute Gasteiger partial charge is 0.330 e. The molecular weight excluding hydrogens is 388 g/mol. The number of carbonyl (C=O) groups excluding carboxylic acids is 1. The number of thiophene rings is 2. The van der Waals surface area contributed by atoms with Crippen LogP contribution in [0.15, 0.2) is 59.9 Å². The minimum Gasteiger partial charge on any atom is -0.330 e. The second-order valence-electron chi connectivity index (χ2n) is 6.28. The number of carbonyl (C=O) groups is 1. The molecule has 1 amide bonds. The van der Waals surface area contributed by atoms with Crippen molar-refractivity contribution in [3.63, 3.8) is 0 Å². The van der Waals surface area contributed by atoms with Crippen LogP contribution in [0.25, 0.3) is 21.6 Å². The maximum atomic E-state index is 13.5. The molecule has 4 rings (SSSR count). The van der Waals surface area contributed by atoms with Gasteiger partial charge >= 0.3 is 0 Å². The molecule has 7 heteroatoms. The molecular formula is C21H20N4OS2. The average molecular weight is 409 g/mol. The molecule has 0 atom stereocenters. The van der Waals surface area contributed by atoms with Crippen LogP contribution < -0.4 is 0 Å². The van der Waals surface area contributed by atoms with E-state index in [1.807, 2.05) is 57.6 Å². The second kappa shape index (κ2) is 8.08. The molecule has 28 heavy (non-hydrogen) atoms. The molecule has 0 bridgehead atoms. The van der Waals surface area contributed by atoms with Gasteiger partial charge < -0.3 is 4.90 Å². The molecule has 0 radical (unpaired) electrons. The zero-order chi connectivity index (χ0) is 19.5. The number of hydrogen-bond donors (Lipinski definition) is 0. The van der Waals surface area contributed by atoms with Crippen molar-refractivity contribution in [2.45, 2.75) is 20.0 Å². The van der Waals surface area contributed by atoms with Crippen molar-refractivity contribution < 1.29 is 4.79 Å². The first-order valence-corrected chi connectivity index (χ1v) is 10.8. The maximum Gasteiger partial charge on any atom is 0.255 e. The van der Waals surface area contributed by atoms with Gasteiger partial charge in [0.2, 0.25) is 0 Å². The summed E-state index contributed by atoms with van der Waals surface area (Å²) in [6, 6.07) is 9.95. The summed E-state index contributed by atoms with van der Waals surface area (Å²) in [6.45, 7) is 7.59. The number of amides is 1.